The quantitative estimate of drug-likeness (QED) is 0.199. The number of fused-ring (bicyclic) bond motifs is 4. The van der Waals surface area contributed by atoms with E-state index in [4.69, 9.17) is 23.7 Å². The van der Waals surface area contributed by atoms with Crippen molar-refractivity contribution in [1.82, 2.24) is 0 Å². The number of hydrogen-bond acceptors (Lipinski definition) is 10. The molecule has 2 saturated heterocycles. The van der Waals surface area contributed by atoms with E-state index >= 15 is 0 Å². The molecule has 0 aromatic rings. The molecule has 4 aliphatic rings. The number of carbonyl (C=O) groups is 4. The van der Waals surface area contributed by atoms with Gasteiger partial charge in [0.1, 0.15) is 18.3 Å². The summed E-state index contributed by atoms with van der Waals surface area (Å²) in [6.45, 7) is 9.55. The lowest BCUT2D eigenvalue weighted by Gasteiger charge is -2.34. The van der Waals surface area contributed by atoms with Gasteiger partial charge in [0.25, 0.3) is 0 Å². The zero-order valence-corrected chi connectivity index (χ0v) is 19.4. The normalized spacial score (nSPS) is 38.3. The third-order valence-electron chi connectivity index (χ3n) is 7.08. The number of rotatable bonds is 5. The summed E-state index contributed by atoms with van der Waals surface area (Å²) in [6.07, 6.45) is -0.952. The number of aliphatic hydroxyl groups is 1. The molecule has 1 saturated carbocycles. The van der Waals surface area contributed by atoms with Gasteiger partial charge >= 0.3 is 23.9 Å². The topological polar surface area (TPSA) is 138 Å². The van der Waals surface area contributed by atoms with Gasteiger partial charge in [-0.2, -0.15) is 0 Å². The van der Waals surface area contributed by atoms with E-state index in [1.54, 1.807) is 13.0 Å². The molecule has 1 spiro atoms. The van der Waals surface area contributed by atoms with Crippen LogP contribution in [0.15, 0.2) is 35.5 Å². The Labute approximate surface area is 196 Å². The molecule has 10 nitrogen and oxygen atoms in total. The molecule has 2 heterocycles. The Balaban J connectivity index is 1.77. The molecule has 2 aliphatic heterocycles. The molecule has 0 amide bonds. The fourth-order valence-corrected chi connectivity index (χ4v) is 5.54. The van der Waals surface area contributed by atoms with Gasteiger partial charge in [0, 0.05) is 31.3 Å². The highest BCUT2D eigenvalue weighted by molar-refractivity contribution is 5.92. The van der Waals surface area contributed by atoms with E-state index in [-0.39, 0.29) is 24.4 Å². The largest absolute Gasteiger partial charge is 0.461 e. The van der Waals surface area contributed by atoms with Gasteiger partial charge in [0.05, 0.1) is 24.2 Å². The first-order valence-corrected chi connectivity index (χ1v) is 11.1. The van der Waals surface area contributed by atoms with Crippen molar-refractivity contribution in [2.75, 3.05) is 13.2 Å². The summed E-state index contributed by atoms with van der Waals surface area (Å²) in [5.74, 6) is -4.56. The number of epoxide rings is 1. The number of aliphatic hydroxyl groups excluding tert-OH is 1. The van der Waals surface area contributed by atoms with Crippen molar-refractivity contribution in [3.63, 3.8) is 0 Å². The molecule has 0 aromatic carbocycles. The van der Waals surface area contributed by atoms with Crippen LogP contribution in [0.2, 0.25) is 0 Å². The van der Waals surface area contributed by atoms with Gasteiger partial charge < -0.3 is 28.8 Å². The van der Waals surface area contributed by atoms with Crippen LogP contribution in [-0.2, 0) is 42.9 Å². The minimum atomic E-state index is -1.19. The smallest absolute Gasteiger partial charge is 0.337 e. The number of hydrogen-bond donors (Lipinski definition) is 1. The Morgan fingerprint density at radius 1 is 1.24 bits per heavy atom. The molecule has 2 aliphatic carbocycles. The zero-order valence-electron chi connectivity index (χ0n) is 19.4. The number of ether oxygens (including phenoxy) is 5. The van der Waals surface area contributed by atoms with Gasteiger partial charge in [-0.3, -0.25) is 9.59 Å². The van der Waals surface area contributed by atoms with E-state index in [0.717, 1.165) is 5.57 Å². The van der Waals surface area contributed by atoms with Crippen LogP contribution in [0.5, 0.6) is 0 Å². The van der Waals surface area contributed by atoms with E-state index in [0.29, 0.717) is 0 Å². The van der Waals surface area contributed by atoms with Crippen molar-refractivity contribution in [2.45, 2.75) is 57.7 Å². The lowest BCUT2D eigenvalue weighted by Crippen LogP contribution is -2.52. The molecule has 3 fully saturated rings. The van der Waals surface area contributed by atoms with Crippen LogP contribution in [0.4, 0.5) is 0 Å². The molecule has 34 heavy (non-hydrogen) atoms. The van der Waals surface area contributed by atoms with Crippen molar-refractivity contribution in [3.05, 3.63) is 35.5 Å². The van der Waals surface area contributed by atoms with E-state index in [1.807, 2.05) is 6.92 Å². The average Bonchev–Trinajstić information content (AvgIpc) is 3.42. The van der Waals surface area contributed by atoms with Crippen molar-refractivity contribution >= 4 is 23.9 Å². The molecule has 0 unspecified atom stereocenters. The van der Waals surface area contributed by atoms with Crippen LogP contribution in [0.1, 0.15) is 27.7 Å². The molecule has 1 N–H and O–H groups in total. The van der Waals surface area contributed by atoms with Crippen molar-refractivity contribution in [2.24, 2.45) is 17.8 Å². The Morgan fingerprint density at radius 2 is 1.91 bits per heavy atom. The Kier molecular flexibility index (Phi) is 6.15. The van der Waals surface area contributed by atoms with Crippen molar-refractivity contribution in [3.8, 4) is 0 Å². The van der Waals surface area contributed by atoms with Gasteiger partial charge in [-0.1, -0.05) is 24.3 Å². The summed E-state index contributed by atoms with van der Waals surface area (Å²) in [6, 6.07) is 0. The highest BCUT2D eigenvalue weighted by Crippen LogP contribution is 2.59. The summed E-state index contributed by atoms with van der Waals surface area (Å²) in [5.41, 5.74) is -0.205. The van der Waals surface area contributed by atoms with E-state index in [9.17, 15) is 24.3 Å². The summed E-state index contributed by atoms with van der Waals surface area (Å²) in [4.78, 5) is 49.0. The number of allylic oxidation sites excluding steroid dienone is 1. The van der Waals surface area contributed by atoms with Crippen LogP contribution < -0.4 is 0 Å². The van der Waals surface area contributed by atoms with Gasteiger partial charge in [-0.05, 0) is 13.8 Å². The summed E-state index contributed by atoms with van der Waals surface area (Å²) < 4.78 is 28.0. The Bertz CT molecular complexity index is 1000. The molecule has 4 rings (SSSR count). The van der Waals surface area contributed by atoms with Gasteiger partial charge in [-0.25, -0.2) is 9.59 Å². The molecule has 0 radical (unpaired) electrons. The van der Waals surface area contributed by atoms with Crippen LogP contribution in [0.3, 0.4) is 0 Å². The van der Waals surface area contributed by atoms with Gasteiger partial charge in [0.15, 0.2) is 12.2 Å². The zero-order chi connectivity index (χ0) is 24.9. The second-order valence-corrected chi connectivity index (χ2v) is 9.11. The molecule has 8 atom stereocenters. The highest BCUT2D eigenvalue weighted by Gasteiger charge is 2.73. The lowest BCUT2D eigenvalue weighted by molar-refractivity contribution is -0.176. The number of esters is 4. The van der Waals surface area contributed by atoms with E-state index in [1.165, 1.54) is 19.9 Å². The van der Waals surface area contributed by atoms with Crippen molar-refractivity contribution in [1.29, 1.82) is 0 Å². The van der Waals surface area contributed by atoms with Crippen LogP contribution in [0.25, 0.3) is 0 Å². The molecule has 184 valence electrons. The Hall–Kier alpha value is -2.98. The maximum atomic E-state index is 13.1. The number of carbonyl (C=O) groups excluding carboxylic acids is 4. The van der Waals surface area contributed by atoms with E-state index in [2.05, 4.69) is 6.58 Å². The second kappa shape index (κ2) is 8.66. The average molecular weight is 476 g/mol. The molecule has 0 aromatic heterocycles. The summed E-state index contributed by atoms with van der Waals surface area (Å²) >= 11 is 0. The predicted octanol–water partition coefficient (Wildman–Crippen LogP) is 0.773. The summed E-state index contributed by atoms with van der Waals surface area (Å²) in [5, 5.41) is 10.9. The van der Waals surface area contributed by atoms with E-state index < -0.39 is 71.6 Å². The second-order valence-electron chi connectivity index (χ2n) is 9.11. The first-order valence-electron chi connectivity index (χ1n) is 11.1. The van der Waals surface area contributed by atoms with Crippen molar-refractivity contribution < 1.29 is 48.0 Å². The minimum Gasteiger partial charge on any atom is -0.461 e. The fourth-order valence-electron chi connectivity index (χ4n) is 5.54. The summed E-state index contributed by atoms with van der Waals surface area (Å²) in [7, 11) is 0. The Morgan fingerprint density at radius 3 is 2.47 bits per heavy atom. The third kappa shape index (κ3) is 3.84. The maximum absolute atomic E-state index is 13.1. The first kappa shape index (κ1) is 24.2. The molecular formula is C24H28O10. The minimum absolute atomic E-state index is 0.0653. The molecule has 10 heteroatoms. The third-order valence-corrected chi connectivity index (χ3v) is 7.08. The first-order chi connectivity index (χ1) is 16.0. The standard InChI is InChI=1S/C24H28O10/c1-6-14(8-30-12(4)25)23(29)34-20-17-11(3)22(28)33-19(17)16-10(2)7-15(27)18(16)24(9-31-24)21(20)32-13(5)26/h6-7,15-21,27H,3,8-9H2,1-2,4-5H3/b14-6+/t15-,16+,17-,18-,19-,20+,21+,24+/m1/s1. The monoisotopic (exact) mass is 476 g/mol. The fraction of sp³-hybridized carbons (Fsp3) is 0.583. The molecular weight excluding hydrogens is 448 g/mol. The van der Waals surface area contributed by atoms with Crippen LogP contribution in [-0.4, -0.2) is 72.2 Å². The highest BCUT2D eigenvalue weighted by atomic mass is 16.7. The van der Waals surface area contributed by atoms with Gasteiger partial charge in [0.2, 0.25) is 0 Å². The molecule has 0 bridgehead atoms. The predicted molar refractivity (Wildman–Crippen MR) is 114 cm³/mol. The van der Waals surface area contributed by atoms with Crippen LogP contribution in [0, 0.1) is 17.8 Å². The lowest BCUT2D eigenvalue weighted by atomic mass is 9.76. The SMILES string of the molecule is C=C1C(=O)O[C@H]2[C@@H]1[C@H](OC(=O)/C(=C/C)COC(C)=O)[C@H](OC(C)=O)[C@]1(CO1)[C@H]1[C@@H]2C(C)=C[C@H]1O. The van der Waals surface area contributed by atoms with Gasteiger partial charge in [-0.15, -0.1) is 0 Å². The van der Waals surface area contributed by atoms with Crippen LogP contribution >= 0.6 is 0 Å². The maximum Gasteiger partial charge on any atom is 0.337 e.